The molecular formula is C22H16ClF3N4O2S. The van der Waals surface area contributed by atoms with Crippen LogP contribution in [0.3, 0.4) is 0 Å². The quantitative estimate of drug-likeness (QED) is 0.184. The van der Waals surface area contributed by atoms with Crippen LogP contribution in [0, 0.1) is 0 Å². The molecule has 170 valence electrons. The van der Waals surface area contributed by atoms with Crippen molar-refractivity contribution in [2.75, 3.05) is 10.6 Å². The molecule has 0 aliphatic rings. The second-order valence-corrected chi connectivity index (χ2v) is 7.88. The number of rotatable bonds is 4. The number of carbonyl (C=O) groups is 2. The molecule has 6 nitrogen and oxygen atoms in total. The molecular weight excluding hydrogens is 477 g/mol. The van der Waals surface area contributed by atoms with Crippen molar-refractivity contribution in [3.8, 4) is 0 Å². The minimum atomic E-state index is -4.69. The molecule has 33 heavy (non-hydrogen) atoms. The van der Waals surface area contributed by atoms with Gasteiger partial charge in [-0.05, 0) is 48.2 Å². The van der Waals surface area contributed by atoms with Crippen molar-refractivity contribution in [2.45, 2.75) is 6.18 Å². The molecule has 0 unspecified atom stereocenters. The van der Waals surface area contributed by atoms with Crippen molar-refractivity contribution in [1.29, 1.82) is 0 Å². The summed E-state index contributed by atoms with van der Waals surface area (Å²) in [4.78, 5) is 25.1. The highest BCUT2D eigenvalue weighted by Gasteiger charge is 2.34. The highest BCUT2D eigenvalue weighted by molar-refractivity contribution is 8.27. The van der Waals surface area contributed by atoms with Crippen LogP contribution in [0.4, 0.5) is 24.5 Å². The molecule has 0 saturated carbocycles. The summed E-state index contributed by atoms with van der Waals surface area (Å²) >= 11 is 6.76. The van der Waals surface area contributed by atoms with Gasteiger partial charge in [0.25, 0.3) is 5.91 Å². The zero-order valence-corrected chi connectivity index (χ0v) is 18.3. The Balaban J connectivity index is 1.74. The Hall–Kier alpha value is -3.50. The Morgan fingerprint density at radius 2 is 1.64 bits per heavy atom. The summed E-state index contributed by atoms with van der Waals surface area (Å²) < 4.78 is 39.6. The number of anilines is 2. The number of carbonyl (C=O) groups excluding carboxylic acids is 2. The van der Waals surface area contributed by atoms with Gasteiger partial charge in [0.15, 0.2) is 5.17 Å². The summed E-state index contributed by atoms with van der Waals surface area (Å²) in [7, 11) is 0. The molecule has 0 aliphatic heterocycles. The Kier molecular flexibility index (Phi) is 7.62. The second kappa shape index (κ2) is 10.4. The fourth-order valence-corrected chi connectivity index (χ4v) is 3.58. The summed E-state index contributed by atoms with van der Waals surface area (Å²) in [6, 6.07) is 17.0. The summed E-state index contributed by atoms with van der Waals surface area (Å²) in [5, 5.41) is 8.79. The van der Waals surface area contributed by atoms with E-state index >= 15 is 0 Å². The smallest absolute Gasteiger partial charge is 0.332 e. The van der Waals surface area contributed by atoms with E-state index in [0.29, 0.717) is 22.5 Å². The minimum Gasteiger partial charge on any atom is -0.332 e. The Morgan fingerprint density at radius 1 is 0.939 bits per heavy atom. The first-order valence-electron chi connectivity index (χ1n) is 9.28. The molecule has 4 N–H and O–H groups in total. The Bertz CT molecular complexity index is 1220. The average molecular weight is 493 g/mol. The number of hydrogen-bond donors (Lipinski definition) is 3. The normalized spacial score (nSPS) is 11.7. The summed E-state index contributed by atoms with van der Waals surface area (Å²) in [6.07, 6.45) is -4.69. The molecule has 0 radical (unpaired) electrons. The number of nitrogens with two attached hydrogens (primary N) is 1. The van der Waals surface area contributed by atoms with Crippen LogP contribution < -0.4 is 16.5 Å². The van der Waals surface area contributed by atoms with Crippen LogP contribution >= 0.6 is 23.4 Å². The first kappa shape index (κ1) is 24.1. The van der Waals surface area contributed by atoms with Crippen molar-refractivity contribution >= 4 is 50.9 Å². The highest BCUT2D eigenvalue weighted by Crippen LogP contribution is 2.32. The van der Waals surface area contributed by atoms with Crippen LogP contribution in [0.1, 0.15) is 26.3 Å². The Morgan fingerprint density at radius 3 is 2.33 bits per heavy atom. The van der Waals surface area contributed by atoms with Gasteiger partial charge in [0, 0.05) is 11.3 Å². The van der Waals surface area contributed by atoms with Gasteiger partial charge in [-0.2, -0.15) is 18.3 Å². The number of alkyl halides is 3. The third-order valence-corrected chi connectivity index (χ3v) is 5.41. The molecule has 3 aromatic rings. The Labute approximate surface area is 196 Å². The molecule has 0 aliphatic carbocycles. The SMILES string of the molecule is NN=C(Nc1ccccc1Cl)SC(=O)c1cccc(NC(=O)c2ccccc2C(F)(F)F)c1. The van der Waals surface area contributed by atoms with Crippen LogP contribution in [0.15, 0.2) is 77.9 Å². The van der Waals surface area contributed by atoms with E-state index in [9.17, 15) is 22.8 Å². The lowest BCUT2D eigenvalue weighted by atomic mass is 10.1. The third-order valence-electron chi connectivity index (χ3n) is 4.26. The topological polar surface area (TPSA) is 96.6 Å². The molecule has 0 heterocycles. The number of thioether (sulfide) groups is 1. The first-order valence-corrected chi connectivity index (χ1v) is 10.5. The number of para-hydroxylation sites is 1. The summed E-state index contributed by atoms with van der Waals surface area (Å²) in [6.45, 7) is 0. The van der Waals surface area contributed by atoms with Crippen molar-refractivity contribution in [1.82, 2.24) is 0 Å². The molecule has 0 spiro atoms. The van der Waals surface area contributed by atoms with E-state index in [1.54, 1.807) is 24.3 Å². The maximum atomic E-state index is 13.2. The number of amidine groups is 1. The molecule has 1 amide bonds. The largest absolute Gasteiger partial charge is 0.417 e. The van der Waals surface area contributed by atoms with Gasteiger partial charge in [-0.25, -0.2) is 0 Å². The maximum absolute atomic E-state index is 13.2. The van der Waals surface area contributed by atoms with E-state index < -0.39 is 28.3 Å². The number of halogens is 4. The van der Waals surface area contributed by atoms with E-state index in [0.717, 1.165) is 12.1 Å². The molecule has 0 atom stereocenters. The van der Waals surface area contributed by atoms with Gasteiger partial charge in [0.2, 0.25) is 5.12 Å². The third kappa shape index (κ3) is 6.27. The number of nitrogens with one attached hydrogen (secondary N) is 2. The lowest BCUT2D eigenvalue weighted by Gasteiger charge is -2.13. The maximum Gasteiger partial charge on any atom is 0.417 e. The number of hydrogen-bond acceptors (Lipinski definition) is 5. The molecule has 0 aromatic heterocycles. The highest BCUT2D eigenvalue weighted by atomic mass is 35.5. The fourth-order valence-electron chi connectivity index (χ4n) is 2.76. The molecule has 0 bridgehead atoms. The van der Waals surface area contributed by atoms with Gasteiger partial charge in [0.05, 0.1) is 21.8 Å². The second-order valence-electron chi connectivity index (χ2n) is 6.51. The average Bonchev–Trinajstić information content (AvgIpc) is 2.79. The lowest BCUT2D eigenvalue weighted by Crippen LogP contribution is -2.18. The lowest BCUT2D eigenvalue weighted by molar-refractivity contribution is -0.137. The first-order chi connectivity index (χ1) is 15.7. The van der Waals surface area contributed by atoms with Crippen LogP contribution in [-0.4, -0.2) is 16.2 Å². The fraction of sp³-hybridized carbons (Fsp3) is 0.0455. The molecule has 3 rings (SSSR count). The zero-order valence-electron chi connectivity index (χ0n) is 16.7. The van der Waals surface area contributed by atoms with Gasteiger partial charge in [0.1, 0.15) is 0 Å². The molecule has 0 fully saturated rings. The summed E-state index contributed by atoms with van der Waals surface area (Å²) in [5.41, 5.74) is -0.775. The zero-order chi connectivity index (χ0) is 24.0. The van der Waals surface area contributed by atoms with Gasteiger partial charge in [-0.15, -0.1) is 0 Å². The van der Waals surface area contributed by atoms with E-state index in [-0.39, 0.29) is 16.4 Å². The van der Waals surface area contributed by atoms with Crippen LogP contribution in [0.5, 0.6) is 0 Å². The predicted octanol–water partition coefficient (Wildman–Crippen LogP) is 5.83. The van der Waals surface area contributed by atoms with E-state index in [4.69, 9.17) is 17.4 Å². The number of amides is 1. The van der Waals surface area contributed by atoms with Crippen molar-refractivity contribution in [2.24, 2.45) is 10.9 Å². The molecule has 0 saturated heterocycles. The predicted molar refractivity (Wildman–Crippen MR) is 124 cm³/mol. The van der Waals surface area contributed by atoms with E-state index in [1.807, 2.05) is 0 Å². The monoisotopic (exact) mass is 492 g/mol. The number of nitrogens with zero attached hydrogens (tertiary/aromatic N) is 1. The van der Waals surface area contributed by atoms with Crippen molar-refractivity contribution in [3.63, 3.8) is 0 Å². The number of hydrazone groups is 1. The van der Waals surface area contributed by atoms with Crippen LogP contribution in [0.25, 0.3) is 0 Å². The van der Waals surface area contributed by atoms with Crippen molar-refractivity contribution < 1.29 is 22.8 Å². The van der Waals surface area contributed by atoms with E-state index in [1.165, 1.54) is 36.4 Å². The van der Waals surface area contributed by atoms with Crippen LogP contribution in [-0.2, 0) is 6.18 Å². The van der Waals surface area contributed by atoms with Crippen LogP contribution in [0.2, 0.25) is 5.02 Å². The number of benzene rings is 3. The van der Waals surface area contributed by atoms with Gasteiger partial charge >= 0.3 is 6.18 Å². The van der Waals surface area contributed by atoms with Crippen molar-refractivity contribution in [3.05, 3.63) is 94.5 Å². The van der Waals surface area contributed by atoms with E-state index in [2.05, 4.69) is 15.7 Å². The standard InChI is InChI=1S/C22H16ClF3N4O2S/c23-17-10-3-4-11-18(17)29-21(30-27)33-20(32)13-6-5-7-14(12-13)28-19(31)15-8-1-2-9-16(15)22(24,25)26/h1-12H,27H2,(H,28,31)(H,29,30). The molecule has 11 heteroatoms. The van der Waals surface area contributed by atoms with Gasteiger partial charge < -0.3 is 16.5 Å². The van der Waals surface area contributed by atoms with Gasteiger partial charge in [-0.3, -0.25) is 9.59 Å². The van der Waals surface area contributed by atoms with Gasteiger partial charge in [-0.1, -0.05) is 48.0 Å². The molecule has 3 aromatic carbocycles. The summed E-state index contributed by atoms with van der Waals surface area (Å²) in [5.74, 6) is 4.41. The minimum absolute atomic E-state index is 0.0710.